The number of aryl methyl sites for hydroxylation is 1. The second-order valence-corrected chi connectivity index (χ2v) is 2.25. The molecular weight excluding hydrogens is 140 g/mol. The summed E-state index contributed by atoms with van der Waals surface area (Å²) >= 11 is 0. The first-order valence-corrected chi connectivity index (χ1v) is 3.34. The van der Waals surface area contributed by atoms with Crippen LogP contribution in [0.4, 0.5) is 0 Å². The molecule has 0 aliphatic rings. The van der Waals surface area contributed by atoms with E-state index in [9.17, 15) is 4.79 Å². The highest BCUT2D eigenvalue weighted by atomic mass is 16.1. The summed E-state index contributed by atoms with van der Waals surface area (Å²) in [6.45, 7) is 0. The van der Waals surface area contributed by atoms with Gasteiger partial charge in [0.25, 0.3) is 0 Å². The summed E-state index contributed by atoms with van der Waals surface area (Å²) in [4.78, 5) is 14.9. The summed E-state index contributed by atoms with van der Waals surface area (Å²) in [5.74, 6) is 0. The van der Waals surface area contributed by atoms with Gasteiger partial charge in [-0.15, -0.1) is 0 Å². The van der Waals surface area contributed by atoms with Crippen molar-refractivity contribution >= 4 is 0 Å². The molecule has 0 N–H and O–H groups in total. The van der Waals surface area contributed by atoms with Crippen LogP contribution in [0.5, 0.6) is 0 Å². The molecule has 0 radical (unpaired) electrons. The minimum Gasteiger partial charge on any atom is -0.319 e. The van der Waals surface area contributed by atoms with Gasteiger partial charge in [-0.2, -0.15) is 0 Å². The molecule has 1 aromatic rings. The summed E-state index contributed by atoms with van der Waals surface area (Å²) in [6.07, 6.45) is 1.70. The van der Waals surface area contributed by atoms with Gasteiger partial charge in [0, 0.05) is 26.4 Å². The number of aromatic nitrogens is 1. The minimum atomic E-state index is -0.0279. The molecule has 0 amide bonds. The van der Waals surface area contributed by atoms with Crippen molar-refractivity contribution < 1.29 is 0 Å². The Morgan fingerprint density at radius 1 is 1.36 bits per heavy atom. The van der Waals surface area contributed by atoms with Crippen LogP contribution in [-0.4, -0.2) is 11.6 Å². The van der Waals surface area contributed by atoms with Crippen LogP contribution in [0.1, 0.15) is 0 Å². The third-order valence-corrected chi connectivity index (χ3v) is 1.47. The molecule has 0 aromatic carbocycles. The minimum absolute atomic E-state index is 0.0279. The van der Waals surface area contributed by atoms with Crippen molar-refractivity contribution in [1.82, 2.24) is 4.57 Å². The van der Waals surface area contributed by atoms with E-state index in [1.807, 2.05) is 0 Å². The standard InChI is InChI=1S/C8H10N2O/c1-9-7-3-4-8(11)10(2)6-5-7/h3-6H,1-2H3. The van der Waals surface area contributed by atoms with Crippen molar-refractivity contribution in [3.8, 4) is 0 Å². The Kier molecular flexibility index (Phi) is 2.21. The first kappa shape index (κ1) is 7.72. The van der Waals surface area contributed by atoms with Gasteiger partial charge in [-0.25, -0.2) is 0 Å². The van der Waals surface area contributed by atoms with E-state index < -0.39 is 0 Å². The van der Waals surface area contributed by atoms with E-state index in [-0.39, 0.29) is 5.56 Å². The average Bonchev–Trinajstić information content (AvgIpc) is 2.16. The van der Waals surface area contributed by atoms with E-state index in [0.29, 0.717) is 0 Å². The third-order valence-electron chi connectivity index (χ3n) is 1.47. The summed E-state index contributed by atoms with van der Waals surface area (Å²) < 4.78 is 1.51. The zero-order valence-electron chi connectivity index (χ0n) is 6.61. The number of hydrogen-bond acceptors (Lipinski definition) is 2. The fourth-order valence-corrected chi connectivity index (χ4v) is 0.740. The van der Waals surface area contributed by atoms with Crippen LogP contribution in [0, 0.1) is 0 Å². The van der Waals surface area contributed by atoms with Gasteiger partial charge in [-0.05, 0) is 12.1 Å². The van der Waals surface area contributed by atoms with E-state index in [1.165, 1.54) is 10.6 Å². The topological polar surface area (TPSA) is 34.4 Å². The van der Waals surface area contributed by atoms with E-state index in [0.717, 1.165) is 5.36 Å². The second-order valence-electron chi connectivity index (χ2n) is 2.25. The molecule has 1 heterocycles. The molecule has 0 aliphatic carbocycles. The van der Waals surface area contributed by atoms with Crippen LogP contribution in [0.2, 0.25) is 0 Å². The monoisotopic (exact) mass is 150 g/mol. The first-order chi connectivity index (χ1) is 5.24. The lowest BCUT2D eigenvalue weighted by molar-refractivity contribution is 0.869. The molecule has 3 nitrogen and oxygen atoms in total. The van der Waals surface area contributed by atoms with Crippen molar-refractivity contribution in [2.24, 2.45) is 12.0 Å². The molecule has 58 valence electrons. The molecule has 0 spiro atoms. The van der Waals surface area contributed by atoms with Gasteiger partial charge in [0.15, 0.2) is 0 Å². The molecule has 0 fully saturated rings. The fourth-order valence-electron chi connectivity index (χ4n) is 0.740. The van der Waals surface area contributed by atoms with Gasteiger partial charge in [0.2, 0.25) is 5.56 Å². The lowest BCUT2D eigenvalue weighted by Gasteiger charge is -1.83. The predicted molar refractivity (Wildman–Crippen MR) is 43.2 cm³/mol. The second kappa shape index (κ2) is 3.14. The Hall–Kier alpha value is -1.38. The van der Waals surface area contributed by atoms with Crippen LogP contribution in [0.25, 0.3) is 0 Å². The van der Waals surface area contributed by atoms with Crippen LogP contribution in [0.15, 0.2) is 34.2 Å². The molecular formula is C8H10N2O. The highest BCUT2D eigenvalue weighted by Crippen LogP contribution is 1.68. The maximum absolute atomic E-state index is 11.0. The normalized spacial score (nSPS) is 11.6. The number of hydrogen-bond donors (Lipinski definition) is 0. The number of rotatable bonds is 0. The van der Waals surface area contributed by atoms with Crippen LogP contribution in [0.3, 0.4) is 0 Å². The average molecular weight is 150 g/mol. The molecule has 0 aliphatic heterocycles. The van der Waals surface area contributed by atoms with Crippen molar-refractivity contribution in [3.63, 3.8) is 0 Å². The van der Waals surface area contributed by atoms with Gasteiger partial charge in [-0.1, -0.05) is 0 Å². The van der Waals surface area contributed by atoms with Gasteiger partial charge in [0.1, 0.15) is 0 Å². The molecule has 0 bridgehead atoms. The molecule has 0 unspecified atom stereocenters. The summed E-state index contributed by atoms with van der Waals surface area (Å²) in [5.41, 5.74) is -0.0279. The van der Waals surface area contributed by atoms with Crippen LogP contribution in [-0.2, 0) is 7.05 Å². The Bertz CT molecular complexity index is 365. The molecule has 0 atom stereocenters. The Labute approximate surface area is 64.7 Å². The predicted octanol–water partition coefficient (Wildman–Crippen LogP) is -0.0842. The van der Waals surface area contributed by atoms with Gasteiger partial charge < -0.3 is 4.57 Å². The Morgan fingerprint density at radius 3 is 2.73 bits per heavy atom. The van der Waals surface area contributed by atoms with Gasteiger partial charge in [0.05, 0.1) is 5.36 Å². The maximum atomic E-state index is 11.0. The Morgan fingerprint density at radius 2 is 2.09 bits per heavy atom. The van der Waals surface area contributed by atoms with Crippen LogP contribution >= 0.6 is 0 Å². The highest BCUT2D eigenvalue weighted by molar-refractivity contribution is 4.93. The van der Waals surface area contributed by atoms with E-state index in [4.69, 9.17) is 0 Å². The highest BCUT2D eigenvalue weighted by Gasteiger charge is 1.82. The molecule has 0 saturated heterocycles. The summed E-state index contributed by atoms with van der Waals surface area (Å²) in [6, 6.07) is 4.99. The molecule has 3 heteroatoms. The fraction of sp³-hybridized carbons (Fsp3) is 0.250. The number of nitrogens with zero attached hydrogens (tertiary/aromatic N) is 2. The summed E-state index contributed by atoms with van der Waals surface area (Å²) in [7, 11) is 3.40. The maximum Gasteiger partial charge on any atom is 0.250 e. The van der Waals surface area contributed by atoms with Crippen LogP contribution < -0.4 is 10.9 Å². The molecule has 11 heavy (non-hydrogen) atoms. The third kappa shape index (κ3) is 1.77. The van der Waals surface area contributed by atoms with Crippen molar-refractivity contribution in [2.75, 3.05) is 7.05 Å². The zero-order chi connectivity index (χ0) is 8.27. The molecule has 1 aromatic heterocycles. The first-order valence-electron chi connectivity index (χ1n) is 3.34. The Balaban J connectivity index is 3.53. The van der Waals surface area contributed by atoms with Gasteiger partial charge in [-0.3, -0.25) is 9.79 Å². The van der Waals surface area contributed by atoms with Crippen molar-refractivity contribution in [2.45, 2.75) is 0 Å². The van der Waals surface area contributed by atoms with E-state index in [1.54, 1.807) is 32.4 Å². The molecule has 0 saturated carbocycles. The SMILES string of the molecule is CN=c1ccc(=O)n(C)cc1. The van der Waals surface area contributed by atoms with Gasteiger partial charge >= 0.3 is 0 Å². The largest absolute Gasteiger partial charge is 0.319 e. The van der Waals surface area contributed by atoms with Crippen molar-refractivity contribution in [3.05, 3.63) is 40.1 Å². The van der Waals surface area contributed by atoms with E-state index in [2.05, 4.69) is 4.99 Å². The smallest absolute Gasteiger partial charge is 0.250 e. The lowest BCUT2D eigenvalue weighted by Crippen LogP contribution is -2.10. The zero-order valence-corrected chi connectivity index (χ0v) is 6.61. The van der Waals surface area contributed by atoms with Crippen molar-refractivity contribution in [1.29, 1.82) is 0 Å². The van der Waals surface area contributed by atoms with E-state index >= 15 is 0 Å². The molecule has 1 rings (SSSR count). The lowest BCUT2D eigenvalue weighted by atomic mass is 10.5. The quantitative estimate of drug-likeness (QED) is 0.509. The summed E-state index contributed by atoms with van der Waals surface area (Å²) in [5, 5.41) is 0.808.